The number of hydrogen-bond acceptors (Lipinski definition) is 1. The van der Waals surface area contributed by atoms with Crippen molar-refractivity contribution < 1.29 is 9.18 Å². The van der Waals surface area contributed by atoms with E-state index in [1.807, 2.05) is 0 Å². The molecule has 0 bridgehead atoms. The molecule has 1 aromatic carbocycles. The van der Waals surface area contributed by atoms with Gasteiger partial charge in [0.1, 0.15) is 11.7 Å². The summed E-state index contributed by atoms with van der Waals surface area (Å²) >= 11 is 5.38. The molecule has 2 nitrogen and oxygen atoms in total. The van der Waals surface area contributed by atoms with Crippen LogP contribution in [0.3, 0.4) is 0 Å². The lowest BCUT2D eigenvalue weighted by Gasteiger charge is -2.16. The van der Waals surface area contributed by atoms with E-state index in [1.165, 1.54) is 11.0 Å². The summed E-state index contributed by atoms with van der Waals surface area (Å²) in [7, 11) is 1.56. The third-order valence-corrected chi connectivity index (χ3v) is 2.26. The molecule has 0 heterocycles. The topological polar surface area (TPSA) is 20.3 Å². The van der Waals surface area contributed by atoms with Crippen LogP contribution in [0.25, 0.3) is 0 Å². The van der Waals surface area contributed by atoms with Crippen LogP contribution < -0.4 is 4.90 Å². The van der Waals surface area contributed by atoms with Gasteiger partial charge >= 0.3 is 0 Å². The van der Waals surface area contributed by atoms with Crippen LogP contribution in [0.15, 0.2) is 18.2 Å². The van der Waals surface area contributed by atoms with Crippen LogP contribution in [0.4, 0.5) is 10.1 Å². The number of rotatable bonds is 2. The summed E-state index contributed by atoms with van der Waals surface area (Å²) in [5.74, 6) is -0.682. The predicted octanol–water partition coefficient (Wildman–Crippen LogP) is 2.34. The van der Waals surface area contributed by atoms with Gasteiger partial charge in [0.25, 0.3) is 0 Å². The number of halogens is 2. The zero-order chi connectivity index (χ0) is 10.7. The Balaban J connectivity index is 2.96. The first kappa shape index (κ1) is 11.0. The van der Waals surface area contributed by atoms with Crippen LogP contribution in [0.2, 0.25) is 0 Å². The molecular formula is C10H11ClFNO. The Kier molecular flexibility index (Phi) is 3.47. The number of hydrogen-bond donors (Lipinski definition) is 0. The average Bonchev–Trinajstić information content (AvgIpc) is 2.20. The maximum atomic E-state index is 13.1. The zero-order valence-electron chi connectivity index (χ0n) is 8.05. The van der Waals surface area contributed by atoms with Crippen LogP contribution >= 0.6 is 11.6 Å². The highest BCUT2D eigenvalue weighted by Crippen LogP contribution is 2.17. The Hall–Kier alpha value is -1.09. The minimum absolute atomic E-state index is 0.105. The van der Waals surface area contributed by atoms with Gasteiger partial charge in [-0.05, 0) is 24.6 Å². The van der Waals surface area contributed by atoms with E-state index < -0.39 is 0 Å². The largest absolute Gasteiger partial charge is 0.314 e. The smallest absolute Gasteiger partial charge is 0.241 e. The molecule has 1 rings (SSSR count). The summed E-state index contributed by atoms with van der Waals surface area (Å²) in [6, 6.07) is 4.63. The molecule has 0 atom stereocenters. The van der Waals surface area contributed by atoms with E-state index in [0.29, 0.717) is 11.3 Å². The molecule has 0 unspecified atom stereocenters. The third kappa shape index (κ3) is 2.23. The zero-order valence-corrected chi connectivity index (χ0v) is 8.81. The molecule has 0 saturated heterocycles. The van der Waals surface area contributed by atoms with Gasteiger partial charge in [-0.1, -0.05) is 6.07 Å². The van der Waals surface area contributed by atoms with Crippen molar-refractivity contribution >= 4 is 23.2 Å². The Bertz CT molecular complexity index is 354. The van der Waals surface area contributed by atoms with Crippen molar-refractivity contribution in [3.8, 4) is 0 Å². The Morgan fingerprint density at radius 3 is 2.71 bits per heavy atom. The first-order valence-corrected chi connectivity index (χ1v) is 4.68. The van der Waals surface area contributed by atoms with E-state index in [1.54, 1.807) is 26.1 Å². The van der Waals surface area contributed by atoms with E-state index >= 15 is 0 Å². The highest BCUT2D eigenvalue weighted by molar-refractivity contribution is 6.29. The van der Waals surface area contributed by atoms with E-state index in [4.69, 9.17) is 11.6 Å². The van der Waals surface area contributed by atoms with Gasteiger partial charge in [0, 0.05) is 12.7 Å². The van der Waals surface area contributed by atoms with Crippen molar-refractivity contribution in [2.24, 2.45) is 0 Å². The number of carbonyl (C=O) groups is 1. The molecule has 14 heavy (non-hydrogen) atoms. The molecule has 0 saturated carbocycles. The van der Waals surface area contributed by atoms with Gasteiger partial charge in [0.2, 0.25) is 5.91 Å². The number of amides is 1. The summed E-state index contributed by atoms with van der Waals surface area (Å²) in [4.78, 5) is 12.5. The van der Waals surface area contributed by atoms with E-state index in [2.05, 4.69) is 0 Å². The van der Waals surface area contributed by atoms with Crippen molar-refractivity contribution in [1.29, 1.82) is 0 Å². The lowest BCUT2D eigenvalue weighted by molar-refractivity contribution is -0.116. The average molecular weight is 216 g/mol. The van der Waals surface area contributed by atoms with Crippen molar-refractivity contribution in [3.63, 3.8) is 0 Å². The number of anilines is 1. The molecule has 0 aliphatic heterocycles. The fourth-order valence-electron chi connectivity index (χ4n) is 1.02. The van der Waals surface area contributed by atoms with Crippen molar-refractivity contribution in [3.05, 3.63) is 29.6 Å². The second-order valence-corrected chi connectivity index (χ2v) is 3.29. The first-order valence-electron chi connectivity index (χ1n) is 4.15. The van der Waals surface area contributed by atoms with Gasteiger partial charge in [-0.2, -0.15) is 0 Å². The number of benzene rings is 1. The van der Waals surface area contributed by atoms with E-state index in [-0.39, 0.29) is 17.6 Å². The van der Waals surface area contributed by atoms with Crippen LogP contribution in [0.5, 0.6) is 0 Å². The van der Waals surface area contributed by atoms with E-state index in [9.17, 15) is 9.18 Å². The number of carbonyl (C=O) groups excluding carboxylic acids is 1. The van der Waals surface area contributed by atoms with Crippen LogP contribution in [-0.4, -0.2) is 18.8 Å². The normalized spacial score (nSPS) is 10.0. The lowest BCUT2D eigenvalue weighted by Crippen LogP contribution is -2.27. The molecule has 0 aliphatic carbocycles. The SMILES string of the molecule is Cc1ccc(N(C)C(=O)CCl)cc1F. The monoisotopic (exact) mass is 215 g/mol. The Labute approximate surface area is 87.3 Å². The minimum Gasteiger partial charge on any atom is -0.314 e. The summed E-state index contributed by atoms with van der Waals surface area (Å²) < 4.78 is 13.1. The molecule has 1 aromatic rings. The molecule has 1 amide bonds. The van der Waals surface area contributed by atoms with E-state index in [0.717, 1.165) is 0 Å². The van der Waals surface area contributed by atoms with Crippen LogP contribution in [-0.2, 0) is 4.79 Å². The van der Waals surface area contributed by atoms with Crippen molar-refractivity contribution in [2.75, 3.05) is 17.8 Å². The Morgan fingerprint density at radius 2 is 2.21 bits per heavy atom. The van der Waals surface area contributed by atoms with Gasteiger partial charge in [-0.3, -0.25) is 4.79 Å². The maximum absolute atomic E-state index is 13.1. The van der Waals surface area contributed by atoms with Crippen molar-refractivity contribution in [2.45, 2.75) is 6.92 Å². The molecule has 0 N–H and O–H groups in total. The quantitative estimate of drug-likeness (QED) is 0.694. The fourth-order valence-corrected chi connectivity index (χ4v) is 1.20. The molecule has 0 radical (unpaired) electrons. The van der Waals surface area contributed by atoms with Gasteiger partial charge in [-0.15, -0.1) is 11.6 Å². The number of nitrogens with zero attached hydrogens (tertiary/aromatic N) is 1. The summed E-state index contributed by atoms with van der Waals surface area (Å²) in [5, 5.41) is 0. The van der Waals surface area contributed by atoms with Crippen LogP contribution in [0.1, 0.15) is 5.56 Å². The van der Waals surface area contributed by atoms with Gasteiger partial charge in [-0.25, -0.2) is 4.39 Å². The second-order valence-electron chi connectivity index (χ2n) is 3.02. The molecule has 0 aromatic heterocycles. The number of alkyl halides is 1. The minimum atomic E-state index is -0.322. The highest BCUT2D eigenvalue weighted by atomic mass is 35.5. The third-order valence-electron chi connectivity index (χ3n) is 2.03. The van der Waals surface area contributed by atoms with Gasteiger partial charge < -0.3 is 4.90 Å². The summed E-state index contributed by atoms with van der Waals surface area (Å²) in [5.41, 5.74) is 1.07. The molecule has 0 spiro atoms. The molecule has 76 valence electrons. The predicted molar refractivity (Wildman–Crippen MR) is 55.3 cm³/mol. The lowest BCUT2D eigenvalue weighted by atomic mass is 10.2. The highest BCUT2D eigenvalue weighted by Gasteiger charge is 2.10. The Morgan fingerprint density at radius 1 is 1.57 bits per heavy atom. The maximum Gasteiger partial charge on any atom is 0.241 e. The van der Waals surface area contributed by atoms with Gasteiger partial charge in [0.15, 0.2) is 0 Å². The molecule has 0 fully saturated rings. The van der Waals surface area contributed by atoms with Crippen molar-refractivity contribution in [1.82, 2.24) is 0 Å². The summed E-state index contributed by atoms with van der Waals surface area (Å²) in [6.07, 6.45) is 0. The fraction of sp³-hybridized carbons (Fsp3) is 0.300. The molecule has 4 heteroatoms. The second kappa shape index (κ2) is 4.42. The molecule has 0 aliphatic rings. The number of aryl methyl sites for hydroxylation is 1. The molecular weight excluding hydrogens is 205 g/mol. The summed E-state index contributed by atoms with van der Waals surface area (Å²) in [6.45, 7) is 1.67. The van der Waals surface area contributed by atoms with Crippen LogP contribution in [0, 0.1) is 12.7 Å². The standard InChI is InChI=1S/C10H11ClFNO/c1-7-3-4-8(5-9(7)12)13(2)10(14)6-11/h3-5H,6H2,1-2H3. The first-order chi connectivity index (χ1) is 6.56. The van der Waals surface area contributed by atoms with Gasteiger partial charge in [0.05, 0.1) is 0 Å².